The fourth-order valence-electron chi connectivity index (χ4n) is 3.73. The number of hydrogen-bond donors (Lipinski definition) is 1. The number of anilines is 1. The second-order valence-electron chi connectivity index (χ2n) is 6.79. The van der Waals surface area contributed by atoms with E-state index >= 15 is 0 Å². The quantitative estimate of drug-likeness (QED) is 0.632. The standard InChI is InChI=1S/C20H15F5N2O/c21-13-7-15-17(4-5-26-19(15)16(22)8-13)27-10-14(28)9-18(27)11-2-1-3-12(6-11)20(23,24)25/h1-8,14,18,28H,9-10H2. The number of fused-ring (bicyclic) bond motifs is 1. The van der Waals surface area contributed by atoms with E-state index in [0.717, 1.165) is 24.3 Å². The molecule has 3 nitrogen and oxygen atoms in total. The zero-order chi connectivity index (χ0) is 20.1. The third-order valence-electron chi connectivity index (χ3n) is 4.93. The molecule has 2 unspecified atom stereocenters. The first-order valence-electron chi connectivity index (χ1n) is 8.59. The Hall–Kier alpha value is -2.74. The van der Waals surface area contributed by atoms with Crippen LogP contribution in [0.15, 0.2) is 48.7 Å². The summed E-state index contributed by atoms with van der Waals surface area (Å²) < 4.78 is 67.2. The molecule has 1 aliphatic rings. The second-order valence-corrected chi connectivity index (χ2v) is 6.79. The van der Waals surface area contributed by atoms with E-state index in [9.17, 15) is 27.1 Å². The van der Waals surface area contributed by atoms with Gasteiger partial charge in [0.2, 0.25) is 0 Å². The van der Waals surface area contributed by atoms with Gasteiger partial charge in [0.05, 0.1) is 17.7 Å². The minimum atomic E-state index is -4.49. The van der Waals surface area contributed by atoms with Crippen LogP contribution in [0.25, 0.3) is 10.9 Å². The van der Waals surface area contributed by atoms with E-state index in [2.05, 4.69) is 4.98 Å². The van der Waals surface area contributed by atoms with Crippen LogP contribution in [0.4, 0.5) is 27.6 Å². The first-order valence-corrected chi connectivity index (χ1v) is 8.59. The van der Waals surface area contributed by atoms with Gasteiger partial charge in [0.15, 0.2) is 5.82 Å². The van der Waals surface area contributed by atoms with Gasteiger partial charge in [-0.25, -0.2) is 8.78 Å². The number of hydrogen-bond acceptors (Lipinski definition) is 3. The highest BCUT2D eigenvalue weighted by Gasteiger charge is 2.36. The molecule has 146 valence electrons. The Balaban J connectivity index is 1.83. The maximum absolute atomic E-state index is 14.1. The molecule has 1 N–H and O–H groups in total. The number of halogens is 5. The van der Waals surface area contributed by atoms with Crippen molar-refractivity contribution in [2.45, 2.75) is 24.7 Å². The van der Waals surface area contributed by atoms with Crippen molar-refractivity contribution in [3.8, 4) is 0 Å². The zero-order valence-corrected chi connectivity index (χ0v) is 14.4. The van der Waals surface area contributed by atoms with Crippen molar-refractivity contribution < 1.29 is 27.1 Å². The van der Waals surface area contributed by atoms with Gasteiger partial charge in [-0.2, -0.15) is 13.2 Å². The van der Waals surface area contributed by atoms with E-state index in [1.54, 1.807) is 17.0 Å². The molecule has 0 bridgehead atoms. The van der Waals surface area contributed by atoms with Gasteiger partial charge in [0, 0.05) is 29.9 Å². The van der Waals surface area contributed by atoms with Gasteiger partial charge in [-0.05, 0) is 36.2 Å². The number of benzene rings is 2. The molecule has 0 radical (unpaired) electrons. The highest BCUT2D eigenvalue weighted by Crippen LogP contribution is 2.41. The van der Waals surface area contributed by atoms with Gasteiger partial charge in [-0.15, -0.1) is 0 Å². The summed E-state index contributed by atoms with van der Waals surface area (Å²) in [6, 6.07) is 7.71. The van der Waals surface area contributed by atoms with Crippen LogP contribution in [0, 0.1) is 11.6 Å². The molecule has 8 heteroatoms. The van der Waals surface area contributed by atoms with Crippen molar-refractivity contribution in [2.24, 2.45) is 0 Å². The van der Waals surface area contributed by atoms with E-state index in [-0.39, 0.29) is 23.9 Å². The molecule has 1 aromatic heterocycles. The van der Waals surface area contributed by atoms with Crippen molar-refractivity contribution in [1.82, 2.24) is 4.98 Å². The lowest BCUT2D eigenvalue weighted by Crippen LogP contribution is -2.25. The van der Waals surface area contributed by atoms with Crippen LogP contribution < -0.4 is 4.90 Å². The lowest BCUT2D eigenvalue weighted by atomic mass is 10.0. The van der Waals surface area contributed by atoms with Crippen LogP contribution in [0.3, 0.4) is 0 Å². The molecule has 0 spiro atoms. The molecule has 2 atom stereocenters. The molecular weight excluding hydrogens is 379 g/mol. The normalized spacial score (nSPS) is 20.1. The molecule has 1 fully saturated rings. The van der Waals surface area contributed by atoms with Crippen molar-refractivity contribution in [3.05, 3.63) is 71.4 Å². The molecule has 0 aliphatic carbocycles. The summed E-state index contributed by atoms with van der Waals surface area (Å²) in [5.41, 5.74) is -0.0540. The molecule has 28 heavy (non-hydrogen) atoms. The van der Waals surface area contributed by atoms with E-state index in [4.69, 9.17) is 0 Å². The molecule has 1 aliphatic heterocycles. The van der Waals surface area contributed by atoms with Crippen LogP contribution in [0.2, 0.25) is 0 Å². The number of aliphatic hydroxyl groups is 1. The molecule has 3 aromatic rings. The number of aliphatic hydroxyl groups excluding tert-OH is 1. The van der Waals surface area contributed by atoms with Crippen molar-refractivity contribution in [1.29, 1.82) is 0 Å². The summed E-state index contributed by atoms with van der Waals surface area (Å²) in [5.74, 6) is -1.61. The van der Waals surface area contributed by atoms with E-state index in [1.807, 2.05) is 0 Å². The van der Waals surface area contributed by atoms with Crippen LogP contribution in [-0.2, 0) is 6.18 Å². The number of rotatable bonds is 2. The molecule has 2 heterocycles. The molecule has 0 saturated carbocycles. The maximum Gasteiger partial charge on any atom is 0.416 e. The first kappa shape index (κ1) is 18.6. The van der Waals surface area contributed by atoms with Gasteiger partial charge in [-0.1, -0.05) is 12.1 Å². The predicted octanol–water partition coefficient (Wildman–Crippen LogP) is 4.84. The van der Waals surface area contributed by atoms with Gasteiger partial charge in [0.25, 0.3) is 0 Å². The number of pyridine rings is 1. The Morgan fingerprint density at radius 3 is 2.61 bits per heavy atom. The number of nitrogens with zero attached hydrogens (tertiary/aromatic N) is 2. The van der Waals surface area contributed by atoms with Gasteiger partial charge in [0.1, 0.15) is 11.3 Å². The number of alkyl halides is 3. The largest absolute Gasteiger partial charge is 0.416 e. The van der Waals surface area contributed by atoms with Crippen molar-refractivity contribution >= 4 is 16.6 Å². The highest BCUT2D eigenvalue weighted by atomic mass is 19.4. The van der Waals surface area contributed by atoms with Gasteiger partial charge < -0.3 is 10.0 Å². The molecular formula is C20H15F5N2O. The lowest BCUT2D eigenvalue weighted by molar-refractivity contribution is -0.137. The zero-order valence-electron chi connectivity index (χ0n) is 14.4. The minimum Gasteiger partial charge on any atom is -0.391 e. The third-order valence-corrected chi connectivity index (χ3v) is 4.93. The Kier molecular flexibility index (Phi) is 4.45. The van der Waals surface area contributed by atoms with Crippen LogP contribution in [0.1, 0.15) is 23.6 Å². The summed E-state index contributed by atoms with van der Waals surface area (Å²) in [6.45, 7) is 0.123. The summed E-state index contributed by atoms with van der Waals surface area (Å²) in [4.78, 5) is 5.61. The summed E-state index contributed by atoms with van der Waals surface area (Å²) in [7, 11) is 0. The highest BCUT2D eigenvalue weighted by molar-refractivity contribution is 5.92. The van der Waals surface area contributed by atoms with Gasteiger partial charge >= 0.3 is 6.18 Å². The molecule has 2 aromatic carbocycles. The van der Waals surface area contributed by atoms with Crippen LogP contribution >= 0.6 is 0 Å². The molecule has 0 amide bonds. The second kappa shape index (κ2) is 6.70. The van der Waals surface area contributed by atoms with Gasteiger partial charge in [-0.3, -0.25) is 4.98 Å². The minimum absolute atomic E-state index is 0.0388. The topological polar surface area (TPSA) is 36.4 Å². The lowest BCUT2D eigenvalue weighted by Gasteiger charge is -2.28. The van der Waals surface area contributed by atoms with E-state index < -0.39 is 35.5 Å². The third kappa shape index (κ3) is 3.28. The fraction of sp³-hybridized carbons (Fsp3) is 0.250. The van der Waals surface area contributed by atoms with E-state index in [1.165, 1.54) is 12.3 Å². The average molecular weight is 394 g/mol. The van der Waals surface area contributed by atoms with Crippen LogP contribution in [-0.4, -0.2) is 22.7 Å². The summed E-state index contributed by atoms with van der Waals surface area (Å²) >= 11 is 0. The summed E-state index contributed by atoms with van der Waals surface area (Å²) in [5, 5.41) is 10.4. The Labute approximate surface area is 157 Å². The van der Waals surface area contributed by atoms with E-state index in [0.29, 0.717) is 11.3 Å². The van der Waals surface area contributed by atoms with Crippen LogP contribution in [0.5, 0.6) is 0 Å². The molecule has 1 saturated heterocycles. The number of β-amino-alcohol motifs (C(OH)–C–C–N with tert-alkyl or cyclic N) is 1. The molecule has 4 rings (SSSR count). The first-order chi connectivity index (χ1) is 13.2. The van der Waals surface area contributed by atoms with Crippen molar-refractivity contribution in [2.75, 3.05) is 11.4 Å². The Morgan fingerprint density at radius 1 is 1.07 bits per heavy atom. The summed E-state index contributed by atoms with van der Waals surface area (Å²) in [6.07, 6.45) is -3.73. The monoisotopic (exact) mass is 394 g/mol. The smallest absolute Gasteiger partial charge is 0.391 e. The Bertz CT molecular complexity index is 1040. The Morgan fingerprint density at radius 2 is 1.86 bits per heavy atom. The fourth-order valence-corrected chi connectivity index (χ4v) is 3.73. The number of aromatic nitrogens is 1. The van der Waals surface area contributed by atoms with Crippen molar-refractivity contribution in [3.63, 3.8) is 0 Å². The predicted molar refractivity (Wildman–Crippen MR) is 93.8 cm³/mol. The SMILES string of the molecule is OC1CC(c2cccc(C(F)(F)F)c2)N(c2ccnc3c(F)cc(F)cc23)C1. The average Bonchev–Trinajstić information content (AvgIpc) is 3.02. The maximum atomic E-state index is 14.1.